The van der Waals surface area contributed by atoms with Crippen molar-refractivity contribution in [3.05, 3.63) is 35.4 Å². The highest BCUT2D eigenvalue weighted by molar-refractivity contribution is 5.85. The zero-order valence-electron chi connectivity index (χ0n) is 7.31. The Morgan fingerprint density at radius 1 is 1.15 bits per heavy atom. The molecule has 0 saturated carbocycles. The average Bonchev–Trinajstić information content (AvgIpc) is 2.07. The molecule has 1 aromatic carbocycles. The molecule has 0 heterocycles. The molecule has 0 saturated heterocycles. The molecule has 1 aliphatic rings. The molecule has 1 aliphatic carbocycles. The largest absolute Gasteiger partial charge is 0.391 e. The lowest BCUT2D eigenvalue weighted by atomic mass is 9.87. The first kappa shape index (κ1) is 10.5. The zero-order chi connectivity index (χ0) is 8.55. The van der Waals surface area contributed by atoms with Gasteiger partial charge >= 0.3 is 0 Å². The van der Waals surface area contributed by atoms with E-state index < -0.39 is 0 Å². The van der Waals surface area contributed by atoms with Gasteiger partial charge in [0.1, 0.15) is 0 Å². The molecule has 0 spiro atoms. The van der Waals surface area contributed by atoms with Crippen molar-refractivity contribution in [2.45, 2.75) is 25.0 Å². The Balaban J connectivity index is 0.000000845. The van der Waals surface area contributed by atoms with Crippen LogP contribution in [0.2, 0.25) is 0 Å². The first-order valence-corrected chi connectivity index (χ1v) is 4.28. The van der Waals surface area contributed by atoms with Gasteiger partial charge in [0.2, 0.25) is 0 Å². The molecule has 3 N–H and O–H groups in total. The van der Waals surface area contributed by atoms with Crippen molar-refractivity contribution in [3.8, 4) is 0 Å². The predicted octanol–water partition coefficient (Wildman–Crippen LogP) is 0.895. The van der Waals surface area contributed by atoms with Crippen molar-refractivity contribution in [1.82, 2.24) is 0 Å². The number of nitrogens with two attached hydrogens (primary N) is 1. The second-order valence-electron chi connectivity index (χ2n) is 3.41. The molecule has 3 heteroatoms. The summed E-state index contributed by atoms with van der Waals surface area (Å²) < 4.78 is 0. The highest BCUT2D eigenvalue weighted by Gasteiger charge is 2.22. The van der Waals surface area contributed by atoms with Crippen molar-refractivity contribution in [3.63, 3.8) is 0 Å². The maximum absolute atomic E-state index is 9.50. The lowest BCUT2D eigenvalue weighted by Crippen LogP contribution is -2.41. The van der Waals surface area contributed by atoms with Gasteiger partial charge in [-0.05, 0) is 17.5 Å². The smallest absolute Gasteiger partial charge is 0.0734 e. The number of halogens is 1. The van der Waals surface area contributed by atoms with Crippen molar-refractivity contribution in [1.29, 1.82) is 0 Å². The Morgan fingerprint density at radius 3 is 2.31 bits per heavy atom. The van der Waals surface area contributed by atoms with Gasteiger partial charge in [-0.1, -0.05) is 24.3 Å². The SMILES string of the molecule is Cl.N[C@@H]1Cc2ccccc2C[C@H]1O. The summed E-state index contributed by atoms with van der Waals surface area (Å²) in [5.74, 6) is 0. The molecule has 0 aliphatic heterocycles. The van der Waals surface area contributed by atoms with Gasteiger partial charge in [0, 0.05) is 12.5 Å². The Labute approximate surface area is 84.2 Å². The van der Waals surface area contributed by atoms with E-state index in [1.165, 1.54) is 11.1 Å². The zero-order valence-corrected chi connectivity index (χ0v) is 8.13. The number of rotatable bonds is 0. The molecule has 0 unspecified atom stereocenters. The Hall–Kier alpha value is -0.570. The summed E-state index contributed by atoms with van der Waals surface area (Å²) in [6, 6.07) is 8.08. The number of aliphatic hydroxyl groups excluding tert-OH is 1. The second kappa shape index (κ2) is 4.09. The number of benzene rings is 1. The van der Waals surface area contributed by atoms with Crippen molar-refractivity contribution in [2.75, 3.05) is 0 Å². The quantitative estimate of drug-likeness (QED) is 0.652. The van der Waals surface area contributed by atoms with Crippen molar-refractivity contribution >= 4 is 12.4 Å². The summed E-state index contributed by atoms with van der Waals surface area (Å²) in [7, 11) is 0. The molecule has 13 heavy (non-hydrogen) atoms. The molecule has 2 atom stereocenters. The van der Waals surface area contributed by atoms with E-state index in [0.717, 1.165) is 6.42 Å². The minimum atomic E-state index is -0.361. The van der Waals surface area contributed by atoms with Crippen LogP contribution in [0.3, 0.4) is 0 Å². The minimum Gasteiger partial charge on any atom is -0.391 e. The van der Waals surface area contributed by atoms with E-state index in [-0.39, 0.29) is 24.6 Å². The third-order valence-corrected chi connectivity index (χ3v) is 2.50. The molecule has 0 aromatic heterocycles. The van der Waals surface area contributed by atoms with Crippen LogP contribution in [-0.4, -0.2) is 17.3 Å². The van der Waals surface area contributed by atoms with Crippen LogP contribution in [0.15, 0.2) is 24.3 Å². The molecular weight excluding hydrogens is 186 g/mol. The first-order valence-electron chi connectivity index (χ1n) is 4.28. The average molecular weight is 200 g/mol. The van der Waals surface area contributed by atoms with E-state index in [0.29, 0.717) is 6.42 Å². The summed E-state index contributed by atoms with van der Waals surface area (Å²) in [6.07, 6.45) is 1.15. The fourth-order valence-corrected chi connectivity index (χ4v) is 1.72. The third kappa shape index (κ3) is 2.02. The van der Waals surface area contributed by atoms with Crippen LogP contribution >= 0.6 is 12.4 Å². The standard InChI is InChI=1S/C10H13NO.ClH/c11-9-5-7-3-1-2-4-8(7)6-10(9)12;/h1-4,9-10,12H,5-6,11H2;1H/t9-,10-;/m1./s1. The van der Waals surface area contributed by atoms with E-state index in [2.05, 4.69) is 12.1 Å². The molecule has 1 aromatic rings. The molecule has 0 bridgehead atoms. The molecule has 0 radical (unpaired) electrons. The van der Waals surface area contributed by atoms with Crippen molar-refractivity contribution < 1.29 is 5.11 Å². The van der Waals surface area contributed by atoms with E-state index in [1.807, 2.05) is 12.1 Å². The van der Waals surface area contributed by atoms with Gasteiger partial charge < -0.3 is 10.8 Å². The Kier molecular flexibility index (Phi) is 3.31. The van der Waals surface area contributed by atoms with Gasteiger partial charge in [-0.25, -0.2) is 0 Å². The predicted molar refractivity (Wildman–Crippen MR) is 55.1 cm³/mol. The molecular formula is C10H14ClNO. The van der Waals surface area contributed by atoms with Crippen LogP contribution in [0.25, 0.3) is 0 Å². The van der Waals surface area contributed by atoms with Crippen molar-refractivity contribution in [2.24, 2.45) is 5.73 Å². The summed E-state index contributed by atoms with van der Waals surface area (Å²) in [4.78, 5) is 0. The number of aliphatic hydroxyl groups is 1. The normalized spacial score (nSPS) is 26.0. The highest BCUT2D eigenvalue weighted by atomic mass is 35.5. The monoisotopic (exact) mass is 199 g/mol. The highest BCUT2D eigenvalue weighted by Crippen LogP contribution is 2.20. The topological polar surface area (TPSA) is 46.2 Å². The Morgan fingerprint density at radius 2 is 1.69 bits per heavy atom. The number of hydrogen-bond donors (Lipinski definition) is 2. The van der Waals surface area contributed by atoms with E-state index >= 15 is 0 Å². The van der Waals surface area contributed by atoms with Crippen LogP contribution in [0.4, 0.5) is 0 Å². The summed E-state index contributed by atoms with van der Waals surface area (Å²) in [5.41, 5.74) is 8.27. The maximum atomic E-state index is 9.50. The van der Waals surface area contributed by atoms with Crippen LogP contribution < -0.4 is 5.73 Å². The van der Waals surface area contributed by atoms with Gasteiger partial charge in [0.05, 0.1) is 6.10 Å². The Bertz CT molecular complexity index is 261. The van der Waals surface area contributed by atoms with Crippen LogP contribution in [0.5, 0.6) is 0 Å². The summed E-state index contributed by atoms with van der Waals surface area (Å²) >= 11 is 0. The first-order chi connectivity index (χ1) is 5.77. The second-order valence-corrected chi connectivity index (χ2v) is 3.41. The van der Waals surface area contributed by atoms with Gasteiger partial charge in [-0.2, -0.15) is 0 Å². The van der Waals surface area contributed by atoms with Crippen LogP contribution in [-0.2, 0) is 12.8 Å². The molecule has 0 amide bonds. The van der Waals surface area contributed by atoms with E-state index in [4.69, 9.17) is 5.73 Å². The molecule has 2 rings (SSSR count). The lowest BCUT2D eigenvalue weighted by Gasteiger charge is -2.26. The van der Waals surface area contributed by atoms with Gasteiger partial charge in [-0.15, -0.1) is 12.4 Å². The molecule has 2 nitrogen and oxygen atoms in total. The minimum absolute atomic E-state index is 0. The molecule has 0 fully saturated rings. The molecule has 72 valence electrons. The van der Waals surface area contributed by atoms with Gasteiger partial charge in [-0.3, -0.25) is 0 Å². The fraction of sp³-hybridized carbons (Fsp3) is 0.400. The maximum Gasteiger partial charge on any atom is 0.0734 e. The summed E-state index contributed by atoms with van der Waals surface area (Å²) in [6.45, 7) is 0. The fourth-order valence-electron chi connectivity index (χ4n) is 1.72. The van der Waals surface area contributed by atoms with E-state index in [1.54, 1.807) is 0 Å². The van der Waals surface area contributed by atoms with Crippen LogP contribution in [0.1, 0.15) is 11.1 Å². The van der Waals surface area contributed by atoms with E-state index in [9.17, 15) is 5.11 Å². The number of fused-ring (bicyclic) bond motifs is 1. The summed E-state index contributed by atoms with van der Waals surface area (Å²) in [5, 5.41) is 9.50. The lowest BCUT2D eigenvalue weighted by molar-refractivity contribution is 0.137. The third-order valence-electron chi connectivity index (χ3n) is 2.50. The van der Waals surface area contributed by atoms with Crippen LogP contribution in [0, 0.1) is 0 Å². The van der Waals surface area contributed by atoms with Gasteiger partial charge in [0.25, 0.3) is 0 Å². The van der Waals surface area contributed by atoms with Gasteiger partial charge in [0.15, 0.2) is 0 Å². The number of hydrogen-bond acceptors (Lipinski definition) is 2.